The van der Waals surface area contributed by atoms with Crippen molar-refractivity contribution in [3.8, 4) is 0 Å². The first-order valence-electron chi connectivity index (χ1n) is 10.1. The van der Waals surface area contributed by atoms with Gasteiger partial charge in [-0.15, -0.1) is 6.58 Å². The van der Waals surface area contributed by atoms with Crippen molar-refractivity contribution in [1.29, 1.82) is 0 Å². The van der Waals surface area contributed by atoms with E-state index in [0.29, 0.717) is 12.0 Å². The van der Waals surface area contributed by atoms with Crippen LogP contribution in [-0.4, -0.2) is 22.4 Å². The largest absolute Gasteiger partial charge is 0.396 e. The Morgan fingerprint density at radius 1 is 1.00 bits per heavy atom. The average molecular weight is 367 g/mol. The van der Waals surface area contributed by atoms with Crippen molar-refractivity contribution < 1.29 is 10.2 Å². The minimum atomic E-state index is -0.726. The molecule has 0 fully saturated rings. The monoisotopic (exact) mass is 366 g/mol. The second-order valence-electron chi connectivity index (χ2n) is 9.21. The maximum absolute atomic E-state index is 9.73. The molecule has 0 rings (SSSR count). The minimum Gasteiger partial charge on any atom is -0.396 e. The standard InChI is InChI=1S/C15H26O.C9H20O/c1-6-15(5,16)12-8-11-14(4)10-7-9-13(2)3;1-8(2)7-9(3,4)5-6-10/h6,9,11,16H,1,7-8,10,12H2,2-5H3;8,10H,5-7H2,1-4H3. The molecule has 0 saturated carbocycles. The van der Waals surface area contributed by atoms with Gasteiger partial charge in [0.25, 0.3) is 0 Å². The van der Waals surface area contributed by atoms with Crippen molar-refractivity contribution in [2.24, 2.45) is 11.3 Å². The Morgan fingerprint density at radius 2 is 1.58 bits per heavy atom. The molecule has 26 heavy (non-hydrogen) atoms. The lowest BCUT2D eigenvalue weighted by atomic mass is 9.81. The van der Waals surface area contributed by atoms with Crippen molar-refractivity contribution in [2.75, 3.05) is 6.61 Å². The Kier molecular flexibility index (Phi) is 15.0. The van der Waals surface area contributed by atoms with Crippen LogP contribution in [0.1, 0.15) is 93.9 Å². The number of rotatable bonds is 11. The molecule has 0 aromatic rings. The highest BCUT2D eigenvalue weighted by Crippen LogP contribution is 2.28. The average Bonchev–Trinajstić information content (AvgIpc) is 2.45. The van der Waals surface area contributed by atoms with Crippen LogP contribution < -0.4 is 0 Å². The van der Waals surface area contributed by atoms with E-state index in [1.54, 1.807) is 13.0 Å². The van der Waals surface area contributed by atoms with E-state index in [4.69, 9.17) is 5.11 Å². The van der Waals surface area contributed by atoms with Gasteiger partial charge < -0.3 is 10.2 Å². The minimum absolute atomic E-state index is 0.319. The molecule has 0 aliphatic rings. The molecule has 0 aliphatic heterocycles. The van der Waals surface area contributed by atoms with E-state index in [1.165, 1.54) is 17.6 Å². The summed E-state index contributed by atoms with van der Waals surface area (Å²) in [5, 5.41) is 18.4. The van der Waals surface area contributed by atoms with Gasteiger partial charge in [-0.3, -0.25) is 0 Å². The molecule has 0 spiro atoms. The summed E-state index contributed by atoms with van der Waals surface area (Å²) in [6.07, 6.45) is 12.1. The fourth-order valence-electron chi connectivity index (χ4n) is 2.91. The molecule has 0 aromatic carbocycles. The van der Waals surface area contributed by atoms with Crippen LogP contribution in [0, 0.1) is 11.3 Å². The molecule has 0 radical (unpaired) electrons. The summed E-state index contributed by atoms with van der Waals surface area (Å²) in [4.78, 5) is 0. The first kappa shape index (κ1) is 27.4. The van der Waals surface area contributed by atoms with E-state index in [-0.39, 0.29) is 0 Å². The van der Waals surface area contributed by atoms with Gasteiger partial charge in [0.1, 0.15) is 0 Å². The molecule has 0 heterocycles. The van der Waals surface area contributed by atoms with Crippen molar-refractivity contribution >= 4 is 0 Å². The van der Waals surface area contributed by atoms with Crippen LogP contribution in [0.3, 0.4) is 0 Å². The summed E-state index contributed by atoms with van der Waals surface area (Å²) in [7, 11) is 0. The molecule has 0 bridgehead atoms. The van der Waals surface area contributed by atoms with Gasteiger partial charge in [0, 0.05) is 6.61 Å². The van der Waals surface area contributed by atoms with Gasteiger partial charge in [0.2, 0.25) is 0 Å². The molecule has 154 valence electrons. The van der Waals surface area contributed by atoms with E-state index in [9.17, 15) is 5.11 Å². The first-order chi connectivity index (χ1) is 11.8. The zero-order valence-corrected chi connectivity index (χ0v) is 18.9. The van der Waals surface area contributed by atoms with E-state index in [0.717, 1.165) is 38.0 Å². The summed E-state index contributed by atoms with van der Waals surface area (Å²) >= 11 is 0. The maximum atomic E-state index is 9.73. The van der Waals surface area contributed by atoms with Gasteiger partial charge in [-0.2, -0.15) is 0 Å². The molecular formula is C24H46O2. The fraction of sp³-hybridized carbons (Fsp3) is 0.750. The molecular weight excluding hydrogens is 320 g/mol. The molecule has 0 aliphatic carbocycles. The Morgan fingerprint density at radius 3 is 2.00 bits per heavy atom. The molecule has 1 atom stereocenters. The van der Waals surface area contributed by atoms with Crippen molar-refractivity contribution in [2.45, 2.75) is 99.5 Å². The van der Waals surface area contributed by atoms with Crippen molar-refractivity contribution in [1.82, 2.24) is 0 Å². The van der Waals surface area contributed by atoms with Crippen molar-refractivity contribution in [3.63, 3.8) is 0 Å². The molecule has 2 nitrogen and oxygen atoms in total. The van der Waals surface area contributed by atoms with Gasteiger partial charge in [0.15, 0.2) is 0 Å². The zero-order chi connectivity index (χ0) is 20.8. The summed E-state index contributed by atoms with van der Waals surface area (Å²) in [5.74, 6) is 0.738. The number of aliphatic hydroxyl groups excluding tert-OH is 1. The van der Waals surface area contributed by atoms with Crippen LogP contribution >= 0.6 is 0 Å². The second-order valence-corrected chi connectivity index (χ2v) is 9.21. The Hall–Kier alpha value is -0.860. The topological polar surface area (TPSA) is 40.5 Å². The predicted molar refractivity (Wildman–Crippen MR) is 117 cm³/mol. The van der Waals surface area contributed by atoms with E-state index in [1.807, 2.05) is 0 Å². The molecule has 2 N–H and O–H groups in total. The smallest absolute Gasteiger partial charge is 0.0800 e. The summed E-state index contributed by atoms with van der Waals surface area (Å²) < 4.78 is 0. The van der Waals surface area contributed by atoms with Gasteiger partial charge in [-0.25, -0.2) is 0 Å². The third-order valence-electron chi connectivity index (χ3n) is 4.42. The van der Waals surface area contributed by atoms with Crippen LogP contribution in [-0.2, 0) is 0 Å². The Bertz CT molecular complexity index is 421. The normalized spacial score (nSPS) is 14.3. The number of hydrogen-bond acceptors (Lipinski definition) is 2. The maximum Gasteiger partial charge on any atom is 0.0800 e. The molecule has 0 aromatic heterocycles. The van der Waals surface area contributed by atoms with Crippen LogP contribution in [0.25, 0.3) is 0 Å². The van der Waals surface area contributed by atoms with Crippen LogP contribution in [0.4, 0.5) is 0 Å². The fourth-order valence-corrected chi connectivity index (χ4v) is 2.91. The SMILES string of the molecule is C=CC(C)(O)CCC=C(C)CCC=C(C)C.CC(C)CC(C)(C)CCO. The molecule has 0 amide bonds. The highest BCUT2D eigenvalue weighted by Gasteiger charge is 2.18. The Labute approximate surface area is 164 Å². The second kappa shape index (κ2) is 14.2. The summed E-state index contributed by atoms with van der Waals surface area (Å²) in [6.45, 7) is 21.0. The van der Waals surface area contributed by atoms with Crippen molar-refractivity contribution in [3.05, 3.63) is 36.0 Å². The van der Waals surface area contributed by atoms with Crippen LogP contribution in [0.2, 0.25) is 0 Å². The van der Waals surface area contributed by atoms with Crippen LogP contribution in [0.15, 0.2) is 36.0 Å². The lowest BCUT2D eigenvalue weighted by molar-refractivity contribution is 0.103. The Balaban J connectivity index is 0. The molecule has 0 saturated heterocycles. The first-order valence-corrected chi connectivity index (χ1v) is 10.1. The molecule has 1 unspecified atom stereocenters. The van der Waals surface area contributed by atoms with E-state index in [2.05, 4.69) is 67.2 Å². The lowest BCUT2D eigenvalue weighted by Crippen LogP contribution is -2.19. The summed E-state index contributed by atoms with van der Waals surface area (Å²) in [6, 6.07) is 0. The highest BCUT2D eigenvalue weighted by atomic mass is 16.3. The lowest BCUT2D eigenvalue weighted by Gasteiger charge is -2.25. The van der Waals surface area contributed by atoms with Gasteiger partial charge in [-0.05, 0) is 77.6 Å². The third kappa shape index (κ3) is 19.5. The predicted octanol–water partition coefficient (Wildman–Crippen LogP) is 6.84. The van der Waals surface area contributed by atoms with E-state index >= 15 is 0 Å². The quantitative estimate of drug-likeness (QED) is 0.393. The van der Waals surface area contributed by atoms with Gasteiger partial charge in [-0.1, -0.05) is 57.1 Å². The molecule has 2 heteroatoms. The van der Waals surface area contributed by atoms with Crippen LogP contribution in [0.5, 0.6) is 0 Å². The number of hydrogen-bond donors (Lipinski definition) is 2. The highest BCUT2D eigenvalue weighted by molar-refractivity contribution is 5.03. The van der Waals surface area contributed by atoms with Gasteiger partial charge in [0.05, 0.1) is 5.60 Å². The number of allylic oxidation sites excluding steroid dienone is 4. The van der Waals surface area contributed by atoms with E-state index < -0.39 is 5.60 Å². The zero-order valence-electron chi connectivity index (χ0n) is 18.9. The summed E-state index contributed by atoms with van der Waals surface area (Å²) in [5.41, 5.74) is 2.37. The number of aliphatic hydroxyl groups is 2. The van der Waals surface area contributed by atoms with Gasteiger partial charge >= 0.3 is 0 Å². The third-order valence-corrected chi connectivity index (χ3v) is 4.42.